The molecule has 2 amide bonds. The Morgan fingerprint density at radius 1 is 0.972 bits per heavy atom. The summed E-state index contributed by atoms with van der Waals surface area (Å²) in [5.41, 5.74) is 3.35. The number of nitrogens with zero attached hydrogens (tertiary/aromatic N) is 5. The number of hydrogen-bond acceptors (Lipinski definition) is 9. The molecule has 0 unspecified atom stereocenters. The van der Waals surface area contributed by atoms with Crippen LogP contribution in [0.25, 0.3) is 33.7 Å². The topological polar surface area (TPSA) is 131 Å². The number of fused-ring (bicyclic) bond motifs is 1. The van der Waals surface area contributed by atoms with Gasteiger partial charge >= 0.3 is 6.03 Å². The van der Waals surface area contributed by atoms with E-state index in [0.717, 1.165) is 35.4 Å². The lowest BCUT2D eigenvalue weighted by molar-refractivity contribution is 0.122. The van der Waals surface area contributed by atoms with E-state index in [2.05, 4.69) is 35.6 Å². The number of ether oxygens (including phenoxy) is 1. The molecule has 6 rings (SSSR count). The van der Waals surface area contributed by atoms with Gasteiger partial charge in [0, 0.05) is 48.4 Å². The molecule has 1 aromatic carbocycles. The second-order valence-corrected chi connectivity index (χ2v) is 8.10. The number of carbonyl (C=O) groups is 1. The lowest BCUT2D eigenvalue weighted by Crippen LogP contribution is -2.36. The summed E-state index contributed by atoms with van der Waals surface area (Å²) in [6, 6.07) is 14.1. The number of amides is 2. The Labute approximate surface area is 205 Å². The summed E-state index contributed by atoms with van der Waals surface area (Å²) in [6.45, 7) is 2.88. The number of nitrogens with one attached hydrogen (secondary N) is 2. The number of anilines is 3. The lowest BCUT2D eigenvalue weighted by Gasteiger charge is -2.27. The average molecular weight is 483 g/mol. The quantitative estimate of drug-likeness (QED) is 0.373. The van der Waals surface area contributed by atoms with Gasteiger partial charge in [0.2, 0.25) is 11.6 Å². The van der Waals surface area contributed by atoms with Crippen LogP contribution in [0.4, 0.5) is 22.2 Å². The Morgan fingerprint density at radius 2 is 1.83 bits per heavy atom. The number of hydrogen-bond donors (Lipinski definition) is 2. The molecule has 0 radical (unpaired) electrons. The van der Waals surface area contributed by atoms with Crippen LogP contribution >= 0.6 is 0 Å². The van der Waals surface area contributed by atoms with Crippen molar-refractivity contribution in [2.45, 2.75) is 0 Å². The van der Waals surface area contributed by atoms with Gasteiger partial charge in [-0.3, -0.25) is 10.3 Å². The standard InChI is InChI=1S/C25H21N7O4/c33-25(30-22-13-20(31-36-22)17-2-1-7-26-14-17)29-18-5-3-16(4-6-18)21-12-19-23(27-15-28-24(19)35-21)32-8-10-34-11-9-32/h1-7,12-15H,8-11H2,(H2,29,30,33). The highest BCUT2D eigenvalue weighted by Gasteiger charge is 2.19. The highest BCUT2D eigenvalue weighted by molar-refractivity contribution is 5.99. The Kier molecular flexibility index (Phi) is 5.72. The molecule has 180 valence electrons. The molecule has 11 nitrogen and oxygen atoms in total. The van der Waals surface area contributed by atoms with Gasteiger partial charge in [0.05, 0.1) is 18.6 Å². The molecule has 0 bridgehead atoms. The minimum Gasteiger partial charge on any atom is -0.438 e. The smallest absolute Gasteiger partial charge is 0.326 e. The first-order chi connectivity index (χ1) is 17.7. The Bertz CT molecular complexity index is 1490. The number of morpholine rings is 1. The van der Waals surface area contributed by atoms with Crippen molar-refractivity contribution in [1.29, 1.82) is 0 Å². The number of pyridine rings is 1. The first-order valence-corrected chi connectivity index (χ1v) is 11.4. The monoisotopic (exact) mass is 483 g/mol. The normalized spacial score (nSPS) is 13.6. The number of rotatable bonds is 5. The predicted octanol–water partition coefficient (Wildman–Crippen LogP) is 4.42. The summed E-state index contributed by atoms with van der Waals surface area (Å²) in [4.78, 5) is 27.4. The maximum absolute atomic E-state index is 12.4. The van der Waals surface area contributed by atoms with Gasteiger partial charge in [-0.1, -0.05) is 5.16 Å². The maximum Gasteiger partial charge on any atom is 0.326 e. The van der Waals surface area contributed by atoms with E-state index in [4.69, 9.17) is 13.7 Å². The zero-order valence-electron chi connectivity index (χ0n) is 19.0. The number of furan rings is 1. The molecule has 1 saturated heterocycles. The van der Waals surface area contributed by atoms with Crippen molar-refractivity contribution in [3.05, 3.63) is 67.3 Å². The molecular formula is C25H21N7O4. The zero-order valence-corrected chi connectivity index (χ0v) is 19.0. The largest absolute Gasteiger partial charge is 0.438 e. The number of aromatic nitrogens is 4. The third-order valence-electron chi connectivity index (χ3n) is 5.75. The van der Waals surface area contributed by atoms with Crippen molar-refractivity contribution < 1.29 is 18.5 Å². The summed E-state index contributed by atoms with van der Waals surface area (Å²) in [7, 11) is 0. The first-order valence-electron chi connectivity index (χ1n) is 11.4. The molecule has 5 aromatic rings. The van der Waals surface area contributed by atoms with Gasteiger partial charge in [-0.15, -0.1) is 0 Å². The van der Waals surface area contributed by atoms with Crippen molar-refractivity contribution in [1.82, 2.24) is 20.1 Å². The molecule has 4 aromatic heterocycles. The van der Waals surface area contributed by atoms with Crippen LogP contribution in [0.3, 0.4) is 0 Å². The van der Waals surface area contributed by atoms with E-state index in [1.54, 1.807) is 36.7 Å². The van der Waals surface area contributed by atoms with E-state index in [-0.39, 0.29) is 5.88 Å². The number of urea groups is 1. The molecule has 0 aliphatic carbocycles. The van der Waals surface area contributed by atoms with Crippen LogP contribution in [0.5, 0.6) is 0 Å². The van der Waals surface area contributed by atoms with Gasteiger partial charge in [-0.05, 0) is 42.5 Å². The van der Waals surface area contributed by atoms with Crippen LogP contribution in [0.1, 0.15) is 0 Å². The van der Waals surface area contributed by atoms with E-state index in [0.29, 0.717) is 36.1 Å². The SMILES string of the molecule is O=C(Nc1ccc(-c2cc3c(N4CCOCC4)ncnc3o2)cc1)Nc1cc(-c2cccnc2)no1. The summed E-state index contributed by atoms with van der Waals surface area (Å²) in [6.07, 6.45) is 4.86. The van der Waals surface area contributed by atoms with Crippen molar-refractivity contribution in [3.63, 3.8) is 0 Å². The zero-order chi connectivity index (χ0) is 24.3. The molecule has 1 aliphatic heterocycles. The number of benzene rings is 1. The Balaban J connectivity index is 1.14. The number of carbonyl (C=O) groups excluding carboxylic acids is 1. The fourth-order valence-corrected chi connectivity index (χ4v) is 3.99. The maximum atomic E-state index is 12.4. The summed E-state index contributed by atoms with van der Waals surface area (Å²) in [5.74, 6) is 1.73. The van der Waals surface area contributed by atoms with Crippen LogP contribution in [0.2, 0.25) is 0 Å². The van der Waals surface area contributed by atoms with Crippen molar-refractivity contribution >= 4 is 34.5 Å². The fourth-order valence-electron chi connectivity index (χ4n) is 3.99. The Hall–Kier alpha value is -4.77. The second-order valence-electron chi connectivity index (χ2n) is 8.10. The van der Waals surface area contributed by atoms with Crippen molar-refractivity contribution in [2.24, 2.45) is 0 Å². The molecule has 1 fully saturated rings. The molecule has 2 N–H and O–H groups in total. The predicted molar refractivity (Wildman–Crippen MR) is 133 cm³/mol. The minimum absolute atomic E-state index is 0.224. The Morgan fingerprint density at radius 3 is 2.64 bits per heavy atom. The summed E-state index contributed by atoms with van der Waals surface area (Å²) < 4.78 is 16.6. The third kappa shape index (κ3) is 4.46. The molecule has 1 aliphatic rings. The van der Waals surface area contributed by atoms with E-state index in [9.17, 15) is 4.79 Å². The van der Waals surface area contributed by atoms with Gasteiger partial charge in [-0.2, -0.15) is 0 Å². The van der Waals surface area contributed by atoms with Gasteiger partial charge in [-0.25, -0.2) is 14.8 Å². The molecule has 36 heavy (non-hydrogen) atoms. The van der Waals surface area contributed by atoms with Crippen molar-refractivity contribution in [2.75, 3.05) is 41.8 Å². The van der Waals surface area contributed by atoms with Crippen LogP contribution in [-0.2, 0) is 4.74 Å². The minimum atomic E-state index is -0.453. The van der Waals surface area contributed by atoms with Crippen LogP contribution in [0.15, 0.2) is 76.2 Å². The third-order valence-corrected chi connectivity index (χ3v) is 5.75. The summed E-state index contributed by atoms with van der Waals surface area (Å²) in [5, 5.41) is 10.2. The molecule has 0 spiro atoms. The van der Waals surface area contributed by atoms with E-state index in [1.807, 2.05) is 24.3 Å². The molecule has 5 heterocycles. The van der Waals surface area contributed by atoms with Crippen LogP contribution < -0.4 is 15.5 Å². The van der Waals surface area contributed by atoms with Crippen LogP contribution in [0, 0.1) is 0 Å². The van der Waals surface area contributed by atoms with Gasteiger partial charge in [0.15, 0.2) is 0 Å². The van der Waals surface area contributed by atoms with Gasteiger partial charge in [0.1, 0.15) is 23.6 Å². The molecular weight excluding hydrogens is 462 g/mol. The van der Waals surface area contributed by atoms with Crippen LogP contribution in [-0.4, -0.2) is 52.4 Å². The molecule has 0 atom stereocenters. The van der Waals surface area contributed by atoms with Gasteiger partial charge < -0.3 is 23.9 Å². The lowest BCUT2D eigenvalue weighted by atomic mass is 10.1. The van der Waals surface area contributed by atoms with E-state index in [1.165, 1.54) is 6.33 Å². The molecule has 0 saturated carbocycles. The highest BCUT2D eigenvalue weighted by atomic mass is 16.5. The van der Waals surface area contributed by atoms with Crippen molar-refractivity contribution in [3.8, 4) is 22.6 Å². The average Bonchev–Trinajstić information content (AvgIpc) is 3.57. The summed E-state index contributed by atoms with van der Waals surface area (Å²) >= 11 is 0. The highest BCUT2D eigenvalue weighted by Crippen LogP contribution is 2.32. The van der Waals surface area contributed by atoms with Gasteiger partial charge in [0.25, 0.3) is 0 Å². The fraction of sp³-hybridized carbons (Fsp3) is 0.160. The molecule has 11 heteroatoms. The second kappa shape index (κ2) is 9.47. The first kappa shape index (κ1) is 21.7. The van der Waals surface area contributed by atoms with E-state index >= 15 is 0 Å². The van der Waals surface area contributed by atoms with E-state index < -0.39 is 6.03 Å².